The van der Waals surface area contributed by atoms with Crippen molar-refractivity contribution in [2.45, 2.75) is 32.4 Å². The van der Waals surface area contributed by atoms with Crippen molar-refractivity contribution in [3.63, 3.8) is 0 Å². The Labute approximate surface area is 101 Å². The van der Waals surface area contributed by atoms with Crippen LogP contribution in [0.15, 0.2) is 18.3 Å². The van der Waals surface area contributed by atoms with Gasteiger partial charge in [0.05, 0.1) is 5.69 Å². The van der Waals surface area contributed by atoms with Crippen LogP contribution in [0.1, 0.15) is 35.8 Å². The van der Waals surface area contributed by atoms with Crippen LogP contribution in [0.5, 0.6) is 0 Å². The molecule has 1 amide bonds. The fourth-order valence-corrected chi connectivity index (χ4v) is 1.51. The van der Waals surface area contributed by atoms with E-state index in [9.17, 15) is 4.79 Å². The first kappa shape index (κ1) is 13.6. The summed E-state index contributed by atoms with van der Waals surface area (Å²) in [6, 6.07) is 3.39. The van der Waals surface area contributed by atoms with Crippen LogP contribution < -0.4 is 11.1 Å². The molecule has 4 N–H and O–H groups in total. The van der Waals surface area contributed by atoms with Gasteiger partial charge in [0.25, 0.3) is 5.91 Å². The first-order valence-electron chi connectivity index (χ1n) is 5.74. The van der Waals surface area contributed by atoms with Gasteiger partial charge in [-0.3, -0.25) is 9.78 Å². The highest BCUT2D eigenvalue weighted by atomic mass is 16.2. The van der Waals surface area contributed by atoms with Gasteiger partial charge in [0.1, 0.15) is 0 Å². The second kappa shape index (κ2) is 6.98. The zero-order valence-corrected chi connectivity index (χ0v) is 10.0. The molecule has 0 aliphatic rings. The standard InChI is InChI=1S/C12H19N3O2/c1-9(3-2-6-16)15-12(17)10-4-5-14-11(7-10)8-13/h4-5,7,9,16H,2-3,6,8,13H2,1H3,(H,15,17). The van der Waals surface area contributed by atoms with Crippen molar-refractivity contribution in [3.05, 3.63) is 29.6 Å². The summed E-state index contributed by atoms with van der Waals surface area (Å²) >= 11 is 0. The molecule has 0 aliphatic heterocycles. The molecule has 0 aromatic carbocycles. The van der Waals surface area contributed by atoms with Crippen LogP contribution in [0.3, 0.4) is 0 Å². The summed E-state index contributed by atoms with van der Waals surface area (Å²) in [6.45, 7) is 2.38. The van der Waals surface area contributed by atoms with Gasteiger partial charge in [-0.05, 0) is 31.9 Å². The van der Waals surface area contributed by atoms with Gasteiger partial charge in [-0.15, -0.1) is 0 Å². The smallest absolute Gasteiger partial charge is 0.251 e. The van der Waals surface area contributed by atoms with E-state index in [0.717, 1.165) is 6.42 Å². The molecule has 5 nitrogen and oxygen atoms in total. The van der Waals surface area contributed by atoms with Crippen molar-refractivity contribution in [2.75, 3.05) is 6.61 Å². The van der Waals surface area contributed by atoms with E-state index in [0.29, 0.717) is 24.2 Å². The minimum absolute atomic E-state index is 0.0455. The first-order chi connectivity index (χ1) is 8.17. The summed E-state index contributed by atoms with van der Waals surface area (Å²) in [7, 11) is 0. The zero-order chi connectivity index (χ0) is 12.7. The minimum Gasteiger partial charge on any atom is -0.396 e. The van der Waals surface area contributed by atoms with Gasteiger partial charge in [0.2, 0.25) is 0 Å². The molecule has 1 aromatic heterocycles. The summed E-state index contributed by atoms with van der Waals surface area (Å²) in [4.78, 5) is 15.9. The lowest BCUT2D eigenvalue weighted by molar-refractivity contribution is 0.0936. The quantitative estimate of drug-likeness (QED) is 0.669. The van der Waals surface area contributed by atoms with E-state index in [1.165, 1.54) is 0 Å². The molecule has 0 bridgehead atoms. The van der Waals surface area contributed by atoms with E-state index in [4.69, 9.17) is 10.8 Å². The van der Waals surface area contributed by atoms with Gasteiger partial charge in [-0.2, -0.15) is 0 Å². The molecule has 1 aromatic rings. The van der Waals surface area contributed by atoms with Crippen molar-refractivity contribution in [2.24, 2.45) is 5.73 Å². The van der Waals surface area contributed by atoms with Crippen LogP contribution in [0, 0.1) is 0 Å². The third-order valence-electron chi connectivity index (χ3n) is 2.46. The highest BCUT2D eigenvalue weighted by molar-refractivity contribution is 5.94. The monoisotopic (exact) mass is 237 g/mol. The topological polar surface area (TPSA) is 88.2 Å². The lowest BCUT2D eigenvalue weighted by atomic mass is 10.1. The van der Waals surface area contributed by atoms with Crippen molar-refractivity contribution in [1.29, 1.82) is 0 Å². The van der Waals surface area contributed by atoms with Gasteiger partial charge in [0.15, 0.2) is 0 Å². The summed E-state index contributed by atoms with van der Waals surface area (Å²) < 4.78 is 0. The number of nitrogens with two attached hydrogens (primary N) is 1. The molecule has 0 spiro atoms. The van der Waals surface area contributed by atoms with Crippen LogP contribution in [0.4, 0.5) is 0 Å². The highest BCUT2D eigenvalue weighted by Gasteiger charge is 2.09. The first-order valence-corrected chi connectivity index (χ1v) is 5.74. The molecule has 94 valence electrons. The number of carbonyl (C=O) groups excluding carboxylic acids is 1. The van der Waals surface area contributed by atoms with E-state index in [2.05, 4.69) is 10.3 Å². The second-order valence-electron chi connectivity index (χ2n) is 3.98. The highest BCUT2D eigenvalue weighted by Crippen LogP contribution is 2.03. The van der Waals surface area contributed by atoms with Crippen LogP contribution in [0.2, 0.25) is 0 Å². The van der Waals surface area contributed by atoms with Gasteiger partial charge < -0.3 is 16.2 Å². The van der Waals surface area contributed by atoms with Crippen LogP contribution in [-0.2, 0) is 6.54 Å². The lowest BCUT2D eigenvalue weighted by Crippen LogP contribution is -2.32. The molecule has 0 fully saturated rings. The molecule has 1 atom stereocenters. The number of nitrogens with zero attached hydrogens (tertiary/aromatic N) is 1. The van der Waals surface area contributed by atoms with Gasteiger partial charge >= 0.3 is 0 Å². The largest absolute Gasteiger partial charge is 0.396 e. The van der Waals surface area contributed by atoms with E-state index < -0.39 is 0 Å². The SMILES string of the molecule is CC(CCCO)NC(=O)c1ccnc(CN)c1. The number of hydrogen-bond donors (Lipinski definition) is 3. The molecule has 0 saturated carbocycles. The molecular formula is C12H19N3O2. The lowest BCUT2D eigenvalue weighted by Gasteiger charge is -2.13. The van der Waals surface area contributed by atoms with Crippen molar-refractivity contribution in [3.8, 4) is 0 Å². The van der Waals surface area contributed by atoms with Crippen molar-refractivity contribution in [1.82, 2.24) is 10.3 Å². The molecule has 0 saturated heterocycles. The van der Waals surface area contributed by atoms with Gasteiger partial charge in [-0.25, -0.2) is 0 Å². The predicted octanol–water partition coefficient (Wildman–Crippen LogP) is 0.431. The molecule has 0 radical (unpaired) electrons. The molecule has 17 heavy (non-hydrogen) atoms. The number of pyridine rings is 1. The fourth-order valence-electron chi connectivity index (χ4n) is 1.51. The van der Waals surface area contributed by atoms with Gasteiger partial charge in [0, 0.05) is 31.0 Å². The summed E-state index contributed by atoms with van der Waals surface area (Å²) in [6.07, 6.45) is 3.03. The normalized spacial score (nSPS) is 12.2. The summed E-state index contributed by atoms with van der Waals surface area (Å²) in [5, 5.41) is 11.6. The van der Waals surface area contributed by atoms with E-state index >= 15 is 0 Å². The number of aliphatic hydroxyl groups excluding tert-OH is 1. The molecule has 5 heteroatoms. The third-order valence-corrected chi connectivity index (χ3v) is 2.46. The third kappa shape index (κ3) is 4.50. The average molecular weight is 237 g/mol. The number of carbonyl (C=O) groups is 1. The Bertz CT molecular complexity index is 369. The Morgan fingerprint density at radius 1 is 1.65 bits per heavy atom. The molecular weight excluding hydrogens is 218 g/mol. The molecule has 1 rings (SSSR count). The van der Waals surface area contributed by atoms with E-state index in [1.807, 2.05) is 6.92 Å². The fraction of sp³-hybridized carbons (Fsp3) is 0.500. The number of hydrogen-bond acceptors (Lipinski definition) is 4. The number of amides is 1. The Morgan fingerprint density at radius 3 is 3.06 bits per heavy atom. The van der Waals surface area contributed by atoms with Crippen molar-refractivity contribution >= 4 is 5.91 Å². The summed E-state index contributed by atoms with van der Waals surface area (Å²) in [5.41, 5.74) is 6.72. The van der Waals surface area contributed by atoms with Crippen LogP contribution in [-0.4, -0.2) is 28.6 Å². The molecule has 1 heterocycles. The number of aliphatic hydroxyl groups is 1. The maximum absolute atomic E-state index is 11.8. The van der Waals surface area contributed by atoms with Gasteiger partial charge in [-0.1, -0.05) is 0 Å². The van der Waals surface area contributed by atoms with Crippen LogP contribution in [0.25, 0.3) is 0 Å². The summed E-state index contributed by atoms with van der Waals surface area (Å²) in [5.74, 6) is -0.132. The average Bonchev–Trinajstić information content (AvgIpc) is 2.36. The Kier molecular flexibility index (Phi) is 5.59. The molecule has 1 unspecified atom stereocenters. The number of aromatic nitrogens is 1. The Hall–Kier alpha value is -1.46. The maximum Gasteiger partial charge on any atom is 0.251 e. The number of rotatable bonds is 6. The maximum atomic E-state index is 11.8. The van der Waals surface area contributed by atoms with Crippen LogP contribution >= 0.6 is 0 Å². The Morgan fingerprint density at radius 2 is 2.41 bits per heavy atom. The second-order valence-corrected chi connectivity index (χ2v) is 3.98. The molecule has 0 aliphatic carbocycles. The van der Waals surface area contributed by atoms with E-state index in [1.54, 1.807) is 18.3 Å². The van der Waals surface area contributed by atoms with Crippen molar-refractivity contribution < 1.29 is 9.90 Å². The predicted molar refractivity (Wildman–Crippen MR) is 65.4 cm³/mol. The minimum atomic E-state index is -0.132. The number of nitrogens with one attached hydrogen (secondary N) is 1. The van der Waals surface area contributed by atoms with E-state index in [-0.39, 0.29) is 18.6 Å². The zero-order valence-electron chi connectivity index (χ0n) is 10.0. The Balaban J connectivity index is 2.56.